The van der Waals surface area contributed by atoms with E-state index in [1.165, 1.54) is 6.26 Å². The van der Waals surface area contributed by atoms with Gasteiger partial charge in [-0.05, 0) is 36.4 Å². The molecule has 0 bridgehead atoms. The SMILES string of the molecule is COc1ccccc1OCCn1c(CN(C)C(=O)c2ccco2)nc2ccccc21. The molecule has 0 unspecified atom stereocenters. The van der Waals surface area contributed by atoms with Crippen LogP contribution in [0.5, 0.6) is 11.5 Å². The molecule has 0 aliphatic carbocycles. The number of hydrogen-bond donors (Lipinski definition) is 0. The predicted molar refractivity (Wildman–Crippen MR) is 113 cm³/mol. The first-order valence-electron chi connectivity index (χ1n) is 9.66. The molecule has 4 rings (SSSR count). The Morgan fingerprint density at radius 1 is 1.07 bits per heavy atom. The molecule has 1 amide bonds. The molecule has 154 valence electrons. The van der Waals surface area contributed by atoms with Gasteiger partial charge in [-0.2, -0.15) is 0 Å². The number of carbonyl (C=O) groups excluding carboxylic acids is 1. The van der Waals surface area contributed by atoms with Gasteiger partial charge in [0.05, 0.1) is 37.5 Å². The van der Waals surface area contributed by atoms with E-state index in [0.29, 0.717) is 37.0 Å². The summed E-state index contributed by atoms with van der Waals surface area (Å²) in [5.41, 5.74) is 1.87. The number of carbonyl (C=O) groups is 1. The van der Waals surface area contributed by atoms with Gasteiger partial charge < -0.3 is 23.4 Å². The maximum absolute atomic E-state index is 12.6. The van der Waals surface area contributed by atoms with Crippen LogP contribution in [0.3, 0.4) is 0 Å². The number of furan rings is 1. The number of aromatic nitrogens is 2. The number of nitrogens with zero attached hydrogens (tertiary/aromatic N) is 3. The number of imidazole rings is 1. The third-order valence-electron chi connectivity index (χ3n) is 4.83. The lowest BCUT2D eigenvalue weighted by Crippen LogP contribution is -2.27. The van der Waals surface area contributed by atoms with Crippen molar-refractivity contribution in [2.24, 2.45) is 0 Å². The summed E-state index contributed by atoms with van der Waals surface area (Å²) in [6.45, 7) is 1.36. The molecule has 0 N–H and O–H groups in total. The lowest BCUT2D eigenvalue weighted by molar-refractivity contribution is 0.0748. The molecule has 7 nitrogen and oxygen atoms in total. The molecule has 0 fully saturated rings. The van der Waals surface area contributed by atoms with Gasteiger partial charge in [0.15, 0.2) is 17.3 Å². The van der Waals surface area contributed by atoms with Gasteiger partial charge >= 0.3 is 0 Å². The maximum Gasteiger partial charge on any atom is 0.289 e. The van der Waals surface area contributed by atoms with Gasteiger partial charge in [-0.15, -0.1) is 0 Å². The molecule has 0 saturated heterocycles. The molecule has 2 aromatic carbocycles. The molecule has 0 aliphatic heterocycles. The molecule has 0 saturated carbocycles. The summed E-state index contributed by atoms with van der Waals surface area (Å²) in [4.78, 5) is 18.9. The van der Waals surface area contributed by atoms with Gasteiger partial charge in [0.1, 0.15) is 12.4 Å². The quantitative estimate of drug-likeness (QED) is 0.443. The minimum Gasteiger partial charge on any atom is -0.493 e. The van der Waals surface area contributed by atoms with Crippen molar-refractivity contribution in [1.82, 2.24) is 14.5 Å². The van der Waals surface area contributed by atoms with E-state index >= 15 is 0 Å². The van der Waals surface area contributed by atoms with Crippen LogP contribution in [0, 0.1) is 0 Å². The monoisotopic (exact) mass is 405 g/mol. The molecule has 7 heteroatoms. The van der Waals surface area contributed by atoms with Crippen LogP contribution in [0.25, 0.3) is 11.0 Å². The Morgan fingerprint density at radius 2 is 1.83 bits per heavy atom. The number of ether oxygens (including phenoxy) is 2. The van der Waals surface area contributed by atoms with E-state index in [1.54, 1.807) is 31.2 Å². The summed E-state index contributed by atoms with van der Waals surface area (Å²) in [6.07, 6.45) is 1.49. The highest BCUT2D eigenvalue weighted by molar-refractivity contribution is 5.91. The number of para-hydroxylation sites is 4. The van der Waals surface area contributed by atoms with E-state index in [1.807, 2.05) is 48.5 Å². The van der Waals surface area contributed by atoms with Crippen LogP contribution in [0.2, 0.25) is 0 Å². The molecule has 2 heterocycles. The van der Waals surface area contributed by atoms with E-state index < -0.39 is 0 Å². The number of benzene rings is 2. The van der Waals surface area contributed by atoms with E-state index in [9.17, 15) is 4.79 Å². The third-order valence-corrected chi connectivity index (χ3v) is 4.83. The van der Waals surface area contributed by atoms with Crippen LogP contribution in [0.1, 0.15) is 16.4 Å². The Morgan fingerprint density at radius 3 is 2.60 bits per heavy atom. The van der Waals surface area contributed by atoms with Crippen molar-refractivity contribution in [3.05, 3.63) is 78.5 Å². The zero-order valence-electron chi connectivity index (χ0n) is 16.9. The average Bonchev–Trinajstić information content (AvgIpc) is 3.42. The van der Waals surface area contributed by atoms with Gasteiger partial charge in [-0.3, -0.25) is 4.79 Å². The van der Waals surface area contributed by atoms with Crippen LogP contribution in [-0.4, -0.2) is 41.1 Å². The highest BCUT2D eigenvalue weighted by Gasteiger charge is 2.18. The first-order chi connectivity index (χ1) is 14.7. The Kier molecular flexibility index (Phi) is 5.70. The van der Waals surface area contributed by atoms with Crippen molar-refractivity contribution in [3.63, 3.8) is 0 Å². The fraction of sp³-hybridized carbons (Fsp3) is 0.217. The molecule has 0 spiro atoms. The van der Waals surface area contributed by atoms with Crippen molar-refractivity contribution in [2.75, 3.05) is 20.8 Å². The summed E-state index contributed by atoms with van der Waals surface area (Å²) in [5, 5.41) is 0. The van der Waals surface area contributed by atoms with Crippen molar-refractivity contribution in [1.29, 1.82) is 0 Å². The molecule has 0 radical (unpaired) electrons. The Balaban J connectivity index is 1.53. The largest absolute Gasteiger partial charge is 0.493 e. The standard InChI is InChI=1S/C23H23N3O4/c1-25(23(27)21-12-7-14-29-21)16-22-24-17-8-3-4-9-18(17)26(22)13-15-30-20-11-6-5-10-19(20)28-2/h3-12,14H,13,15-16H2,1-2H3. The number of fused-ring (bicyclic) bond motifs is 1. The molecule has 4 aromatic rings. The lowest BCUT2D eigenvalue weighted by atomic mass is 10.3. The number of amides is 1. The molecule has 30 heavy (non-hydrogen) atoms. The molecule has 2 aromatic heterocycles. The van der Waals surface area contributed by atoms with E-state index in [0.717, 1.165) is 16.9 Å². The maximum atomic E-state index is 12.6. The van der Waals surface area contributed by atoms with Crippen molar-refractivity contribution in [3.8, 4) is 11.5 Å². The highest BCUT2D eigenvalue weighted by atomic mass is 16.5. The number of rotatable bonds is 8. The first kappa shape index (κ1) is 19.6. The van der Waals surface area contributed by atoms with Crippen molar-refractivity contribution in [2.45, 2.75) is 13.1 Å². The van der Waals surface area contributed by atoms with Crippen LogP contribution in [-0.2, 0) is 13.1 Å². The summed E-state index contributed by atoms with van der Waals surface area (Å²) in [5.74, 6) is 2.28. The van der Waals surface area contributed by atoms with Crippen molar-refractivity contribution >= 4 is 16.9 Å². The third kappa shape index (κ3) is 4.00. The predicted octanol–water partition coefficient (Wildman–Crippen LogP) is 3.99. The minimum atomic E-state index is -0.191. The number of hydrogen-bond acceptors (Lipinski definition) is 5. The smallest absolute Gasteiger partial charge is 0.289 e. The van der Waals surface area contributed by atoms with E-state index in [2.05, 4.69) is 4.57 Å². The molecular weight excluding hydrogens is 382 g/mol. The van der Waals surface area contributed by atoms with Crippen molar-refractivity contribution < 1.29 is 18.7 Å². The first-order valence-corrected chi connectivity index (χ1v) is 9.66. The normalized spacial score (nSPS) is 10.9. The van der Waals surface area contributed by atoms with Crippen LogP contribution in [0.4, 0.5) is 0 Å². The zero-order valence-corrected chi connectivity index (χ0v) is 16.9. The Labute approximate surface area is 174 Å². The Hall–Kier alpha value is -3.74. The van der Waals surface area contributed by atoms with Crippen LogP contribution >= 0.6 is 0 Å². The summed E-state index contributed by atoms with van der Waals surface area (Å²) in [7, 11) is 3.36. The lowest BCUT2D eigenvalue weighted by Gasteiger charge is -2.17. The zero-order chi connectivity index (χ0) is 20.9. The fourth-order valence-electron chi connectivity index (χ4n) is 3.35. The fourth-order valence-corrected chi connectivity index (χ4v) is 3.35. The van der Waals surface area contributed by atoms with E-state index in [-0.39, 0.29) is 5.91 Å². The molecule has 0 atom stereocenters. The van der Waals surface area contributed by atoms with Gasteiger partial charge in [-0.1, -0.05) is 24.3 Å². The Bertz CT molecular complexity index is 1130. The molecule has 0 aliphatic rings. The second-order valence-electron chi connectivity index (χ2n) is 6.81. The van der Waals surface area contributed by atoms with Gasteiger partial charge in [0, 0.05) is 7.05 Å². The summed E-state index contributed by atoms with van der Waals surface area (Å²) in [6, 6.07) is 18.8. The van der Waals surface area contributed by atoms with Crippen LogP contribution < -0.4 is 9.47 Å². The van der Waals surface area contributed by atoms with Gasteiger partial charge in [0.25, 0.3) is 5.91 Å². The molecular formula is C23H23N3O4. The van der Waals surface area contributed by atoms with Gasteiger partial charge in [0.2, 0.25) is 0 Å². The minimum absolute atomic E-state index is 0.191. The summed E-state index contributed by atoms with van der Waals surface area (Å²) < 4.78 is 18.6. The average molecular weight is 405 g/mol. The highest BCUT2D eigenvalue weighted by Crippen LogP contribution is 2.26. The van der Waals surface area contributed by atoms with E-state index in [4.69, 9.17) is 18.9 Å². The second-order valence-corrected chi connectivity index (χ2v) is 6.81. The number of methoxy groups -OCH3 is 1. The van der Waals surface area contributed by atoms with Crippen LogP contribution in [0.15, 0.2) is 71.3 Å². The topological polar surface area (TPSA) is 69.7 Å². The second kappa shape index (κ2) is 8.73. The van der Waals surface area contributed by atoms with Gasteiger partial charge in [-0.25, -0.2) is 4.98 Å². The summed E-state index contributed by atoms with van der Waals surface area (Å²) >= 11 is 0.